The van der Waals surface area contributed by atoms with Crippen LogP contribution in [0.25, 0.3) is 11.3 Å². The standard InChI is InChI=1S/C24H18N4O4/c1-13-17(23(31)27(25-13)15-9-5-3-6-10-15)19-21(29)20(22(19)30)18-14(2)26-28(24(18)32)16-11-7-4-8-12-16/h3-12,25,29H,1-2H3/b20-18+. The van der Waals surface area contributed by atoms with E-state index in [0.29, 0.717) is 22.8 Å². The number of aryl methyl sites for hydroxylation is 1. The molecule has 0 bridgehead atoms. The number of aliphatic hydroxyl groups is 1. The molecule has 0 atom stereocenters. The van der Waals surface area contributed by atoms with E-state index in [-0.39, 0.29) is 28.0 Å². The van der Waals surface area contributed by atoms with E-state index in [1.807, 2.05) is 12.1 Å². The van der Waals surface area contributed by atoms with Crippen molar-refractivity contribution >= 4 is 28.7 Å². The summed E-state index contributed by atoms with van der Waals surface area (Å²) in [5.41, 5.74) is 1.36. The second-order valence-electron chi connectivity index (χ2n) is 7.53. The van der Waals surface area contributed by atoms with Crippen molar-refractivity contribution < 1.29 is 14.7 Å². The molecule has 8 heteroatoms. The molecule has 1 aromatic heterocycles. The molecular weight excluding hydrogens is 408 g/mol. The summed E-state index contributed by atoms with van der Waals surface area (Å²) < 4.78 is 1.31. The molecule has 158 valence electrons. The monoisotopic (exact) mass is 426 g/mol. The van der Waals surface area contributed by atoms with Crippen molar-refractivity contribution in [3.8, 4) is 5.69 Å². The number of nitrogens with one attached hydrogen (secondary N) is 1. The number of aromatic amines is 1. The lowest BCUT2D eigenvalue weighted by molar-refractivity contribution is -0.115. The minimum absolute atomic E-state index is 0.0386. The van der Waals surface area contributed by atoms with E-state index < -0.39 is 17.2 Å². The molecule has 0 saturated heterocycles. The van der Waals surface area contributed by atoms with Crippen molar-refractivity contribution in [2.45, 2.75) is 13.8 Å². The second kappa shape index (κ2) is 7.05. The number of para-hydroxylation sites is 2. The minimum atomic E-state index is -0.560. The van der Waals surface area contributed by atoms with Crippen LogP contribution in [0.4, 0.5) is 5.69 Å². The first-order valence-corrected chi connectivity index (χ1v) is 9.95. The molecule has 1 aliphatic heterocycles. The molecule has 5 rings (SSSR count). The highest BCUT2D eigenvalue weighted by Gasteiger charge is 2.44. The molecule has 0 unspecified atom stereocenters. The molecule has 0 spiro atoms. The number of ketones is 1. The molecule has 1 aliphatic carbocycles. The highest BCUT2D eigenvalue weighted by atomic mass is 16.3. The predicted octanol–water partition coefficient (Wildman–Crippen LogP) is 3.05. The van der Waals surface area contributed by atoms with Crippen LogP contribution in [0.5, 0.6) is 0 Å². The van der Waals surface area contributed by atoms with Gasteiger partial charge >= 0.3 is 0 Å². The number of aromatic nitrogens is 2. The topological polar surface area (TPSA) is 108 Å². The van der Waals surface area contributed by atoms with Gasteiger partial charge < -0.3 is 5.11 Å². The van der Waals surface area contributed by atoms with E-state index in [1.165, 1.54) is 9.69 Å². The van der Waals surface area contributed by atoms with Crippen LogP contribution < -0.4 is 10.6 Å². The maximum absolute atomic E-state index is 13.1. The van der Waals surface area contributed by atoms with Crippen LogP contribution in [-0.4, -0.2) is 32.3 Å². The molecule has 8 nitrogen and oxygen atoms in total. The number of hydrogen-bond acceptors (Lipinski definition) is 5. The predicted molar refractivity (Wildman–Crippen MR) is 120 cm³/mol. The summed E-state index contributed by atoms with van der Waals surface area (Å²) in [4.78, 5) is 39.1. The molecular formula is C24H18N4O4. The summed E-state index contributed by atoms with van der Waals surface area (Å²) in [6.07, 6.45) is 0. The first-order valence-electron chi connectivity index (χ1n) is 9.95. The number of allylic oxidation sites excluding steroid dienone is 2. The maximum Gasteiger partial charge on any atom is 0.281 e. The number of H-pyrrole nitrogens is 1. The summed E-state index contributed by atoms with van der Waals surface area (Å²) in [6.45, 7) is 3.26. The Morgan fingerprint density at radius 3 is 2.00 bits per heavy atom. The third kappa shape index (κ3) is 2.70. The van der Waals surface area contributed by atoms with Gasteiger partial charge in [-0.05, 0) is 38.1 Å². The largest absolute Gasteiger partial charge is 0.506 e. The third-order valence-electron chi connectivity index (χ3n) is 5.53. The summed E-state index contributed by atoms with van der Waals surface area (Å²) >= 11 is 0. The number of aliphatic hydroxyl groups excluding tert-OH is 1. The molecule has 0 fully saturated rings. The summed E-state index contributed by atoms with van der Waals surface area (Å²) in [6, 6.07) is 17.7. The molecule has 0 saturated carbocycles. The summed E-state index contributed by atoms with van der Waals surface area (Å²) in [5, 5.41) is 19.2. The van der Waals surface area contributed by atoms with Crippen LogP contribution >= 0.6 is 0 Å². The Morgan fingerprint density at radius 2 is 1.41 bits per heavy atom. The van der Waals surface area contributed by atoms with Gasteiger partial charge in [0.15, 0.2) is 0 Å². The Bertz CT molecular complexity index is 1440. The Hall–Kier alpha value is -4.46. The fourth-order valence-electron chi connectivity index (χ4n) is 4.00. The van der Waals surface area contributed by atoms with Crippen LogP contribution in [0.15, 0.2) is 87.5 Å². The van der Waals surface area contributed by atoms with Gasteiger partial charge in [-0.3, -0.25) is 19.5 Å². The van der Waals surface area contributed by atoms with Gasteiger partial charge in [-0.15, -0.1) is 0 Å². The number of anilines is 1. The lowest BCUT2D eigenvalue weighted by Gasteiger charge is -2.22. The van der Waals surface area contributed by atoms with Crippen molar-refractivity contribution in [1.82, 2.24) is 9.78 Å². The van der Waals surface area contributed by atoms with Crippen molar-refractivity contribution in [3.05, 3.63) is 99.2 Å². The van der Waals surface area contributed by atoms with E-state index in [4.69, 9.17) is 0 Å². The quantitative estimate of drug-likeness (QED) is 0.628. The van der Waals surface area contributed by atoms with E-state index in [0.717, 1.165) is 0 Å². The van der Waals surface area contributed by atoms with E-state index >= 15 is 0 Å². The van der Waals surface area contributed by atoms with Crippen LogP contribution in [0.3, 0.4) is 0 Å². The van der Waals surface area contributed by atoms with Gasteiger partial charge in [0.2, 0.25) is 5.78 Å². The van der Waals surface area contributed by atoms with E-state index in [2.05, 4.69) is 10.2 Å². The minimum Gasteiger partial charge on any atom is -0.506 e. The zero-order valence-corrected chi connectivity index (χ0v) is 17.3. The molecule has 3 aromatic rings. The first kappa shape index (κ1) is 19.5. The number of hydrogen-bond donors (Lipinski definition) is 2. The molecule has 2 heterocycles. The molecule has 2 N–H and O–H groups in total. The average molecular weight is 426 g/mol. The zero-order valence-electron chi connectivity index (χ0n) is 17.3. The Balaban J connectivity index is 1.60. The molecule has 32 heavy (non-hydrogen) atoms. The first-order chi connectivity index (χ1) is 15.4. The number of carbonyl (C=O) groups is 2. The maximum atomic E-state index is 13.1. The van der Waals surface area contributed by atoms with Crippen LogP contribution in [0.1, 0.15) is 18.2 Å². The molecule has 2 aromatic carbocycles. The van der Waals surface area contributed by atoms with Gasteiger partial charge in [0.1, 0.15) is 5.76 Å². The van der Waals surface area contributed by atoms with E-state index in [9.17, 15) is 19.5 Å². The highest BCUT2D eigenvalue weighted by molar-refractivity contribution is 6.45. The molecule has 1 amide bonds. The zero-order chi connectivity index (χ0) is 22.6. The number of rotatable bonds is 3. The third-order valence-corrected chi connectivity index (χ3v) is 5.53. The van der Waals surface area contributed by atoms with Gasteiger partial charge in [-0.1, -0.05) is 36.4 Å². The second-order valence-corrected chi connectivity index (χ2v) is 7.53. The number of nitrogens with zero attached hydrogens (tertiary/aromatic N) is 3. The number of amides is 1. The van der Waals surface area contributed by atoms with Crippen molar-refractivity contribution in [2.75, 3.05) is 5.01 Å². The highest BCUT2D eigenvalue weighted by Crippen LogP contribution is 2.40. The lowest BCUT2D eigenvalue weighted by Crippen LogP contribution is -2.31. The summed E-state index contributed by atoms with van der Waals surface area (Å²) in [5.74, 6) is -1.44. The number of Topliss-reactive ketones (excluding diaryl/α,β-unsaturated/α-hetero) is 1. The smallest absolute Gasteiger partial charge is 0.281 e. The number of carbonyl (C=O) groups excluding carboxylic acids is 2. The number of benzene rings is 2. The van der Waals surface area contributed by atoms with Gasteiger partial charge in [0, 0.05) is 5.69 Å². The van der Waals surface area contributed by atoms with Gasteiger partial charge in [0.25, 0.3) is 11.5 Å². The van der Waals surface area contributed by atoms with Crippen LogP contribution in [0, 0.1) is 6.92 Å². The number of hydrazone groups is 1. The SMILES string of the molecule is CC1=NN(c2ccccc2)C(=O)/C1=C1/C(=O)C(c2c(C)[nH]n(-c3ccccc3)c2=O)=C1O. The average Bonchev–Trinajstić information content (AvgIpc) is 3.26. The Labute approximate surface area is 182 Å². The van der Waals surface area contributed by atoms with E-state index in [1.54, 1.807) is 62.4 Å². The van der Waals surface area contributed by atoms with Gasteiger partial charge in [-0.25, -0.2) is 4.68 Å². The van der Waals surface area contributed by atoms with Gasteiger partial charge in [-0.2, -0.15) is 10.1 Å². The fraction of sp³-hybridized carbons (Fsp3) is 0.0833. The van der Waals surface area contributed by atoms with Crippen molar-refractivity contribution in [1.29, 1.82) is 0 Å². The van der Waals surface area contributed by atoms with Gasteiger partial charge in [0.05, 0.1) is 39.4 Å². The van der Waals surface area contributed by atoms with Crippen LogP contribution in [0.2, 0.25) is 0 Å². The van der Waals surface area contributed by atoms with Crippen LogP contribution in [-0.2, 0) is 9.59 Å². The Morgan fingerprint density at radius 1 is 0.812 bits per heavy atom. The van der Waals surface area contributed by atoms with Crippen molar-refractivity contribution in [2.24, 2.45) is 5.10 Å². The summed E-state index contributed by atoms with van der Waals surface area (Å²) in [7, 11) is 0. The molecule has 0 radical (unpaired) electrons. The fourth-order valence-corrected chi connectivity index (χ4v) is 4.00. The molecule has 2 aliphatic rings. The Kier molecular flexibility index (Phi) is 4.30. The van der Waals surface area contributed by atoms with Crippen molar-refractivity contribution in [3.63, 3.8) is 0 Å². The normalized spacial score (nSPS) is 18.3. The lowest BCUT2D eigenvalue weighted by atomic mass is 9.80.